The third kappa shape index (κ3) is 3.53. The number of nitrogens with one attached hydrogen (secondary N) is 3. The molecule has 0 bridgehead atoms. The van der Waals surface area contributed by atoms with E-state index < -0.39 is 0 Å². The first kappa shape index (κ1) is 16.5. The summed E-state index contributed by atoms with van der Waals surface area (Å²) in [5, 5.41) is 9.05. The summed E-state index contributed by atoms with van der Waals surface area (Å²) >= 11 is 6.38. The molecular weight excluding hydrogens is 330 g/mol. The standard InChI is InChI=1S/C21H24ClN3/c1-23-17-7-9-18(10-8-17)24-20-13-16(22)11-15-12-19(25-21(15)20)14-5-3-2-4-6-14/h2-6,11-13,17-18,23-25H,7-10H2,1H3. The molecule has 1 aliphatic rings. The first-order chi connectivity index (χ1) is 12.2. The molecule has 3 N–H and O–H groups in total. The zero-order valence-corrected chi connectivity index (χ0v) is 15.2. The van der Waals surface area contributed by atoms with Gasteiger partial charge >= 0.3 is 0 Å². The zero-order valence-electron chi connectivity index (χ0n) is 14.5. The number of fused-ring (bicyclic) bond motifs is 1. The van der Waals surface area contributed by atoms with Crippen LogP contribution in [0.5, 0.6) is 0 Å². The van der Waals surface area contributed by atoms with E-state index in [0.717, 1.165) is 27.3 Å². The third-order valence-electron chi connectivity index (χ3n) is 5.27. The minimum atomic E-state index is 0.509. The number of rotatable bonds is 4. The fraction of sp³-hybridized carbons (Fsp3) is 0.333. The second-order valence-corrected chi connectivity index (χ2v) is 7.38. The number of hydrogen-bond acceptors (Lipinski definition) is 2. The molecular formula is C21H24ClN3. The normalized spacial score (nSPS) is 20.7. The molecule has 3 aromatic rings. The van der Waals surface area contributed by atoms with Gasteiger partial charge in [0, 0.05) is 28.2 Å². The van der Waals surface area contributed by atoms with E-state index in [1.807, 2.05) is 18.2 Å². The first-order valence-electron chi connectivity index (χ1n) is 9.04. The van der Waals surface area contributed by atoms with Crippen molar-refractivity contribution in [2.24, 2.45) is 0 Å². The summed E-state index contributed by atoms with van der Waals surface area (Å²) in [6.45, 7) is 0. The van der Waals surface area contributed by atoms with Gasteiger partial charge in [0.2, 0.25) is 0 Å². The van der Waals surface area contributed by atoms with Crippen LogP contribution in [0.2, 0.25) is 5.02 Å². The van der Waals surface area contributed by atoms with E-state index in [0.29, 0.717) is 12.1 Å². The molecule has 4 heteroatoms. The predicted molar refractivity (Wildman–Crippen MR) is 107 cm³/mol. The molecule has 0 saturated heterocycles. The van der Waals surface area contributed by atoms with Crippen molar-refractivity contribution in [1.82, 2.24) is 10.3 Å². The van der Waals surface area contributed by atoms with Crippen LogP contribution in [-0.4, -0.2) is 24.1 Å². The lowest BCUT2D eigenvalue weighted by Gasteiger charge is -2.29. The Bertz CT molecular complexity index is 848. The van der Waals surface area contributed by atoms with Gasteiger partial charge in [-0.1, -0.05) is 41.9 Å². The Morgan fingerprint density at radius 1 is 0.960 bits per heavy atom. The van der Waals surface area contributed by atoms with Crippen molar-refractivity contribution in [3.63, 3.8) is 0 Å². The van der Waals surface area contributed by atoms with Crippen molar-refractivity contribution < 1.29 is 0 Å². The topological polar surface area (TPSA) is 39.8 Å². The third-order valence-corrected chi connectivity index (χ3v) is 5.49. The number of aromatic amines is 1. The molecule has 0 atom stereocenters. The predicted octanol–water partition coefficient (Wildman–Crippen LogP) is 5.43. The van der Waals surface area contributed by atoms with E-state index in [9.17, 15) is 0 Å². The molecule has 1 aliphatic carbocycles. The SMILES string of the molecule is CNC1CCC(Nc2cc(Cl)cc3cc(-c4ccccc4)[nH]c23)CC1. The van der Waals surface area contributed by atoms with Gasteiger partial charge in [0.05, 0.1) is 11.2 Å². The number of aromatic nitrogens is 1. The van der Waals surface area contributed by atoms with E-state index in [2.05, 4.69) is 53.0 Å². The quantitative estimate of drug-likeness (QED) is 0.585. The van der Waals surface area contributed by atoms with Crippen LogP contribution in [0.25, 0.3) is 22.2 Å². The number of benzene rings is 2. The van der Waals surface area contributed by atoms with Crippen LogP contribution in [0, 0.1) is 0 Å². The minimum Gasteiger partial charge on any atom is -0.381 e. The fourth-order valence-corrected chi connectivity index (χ4v) is 4.07. The largest absolute Gasteiger partial charge is 0.381 e. The van der Waals surface area contributed by atoms with Gasteiger partial charge in [-0.2, -0.15) is 0 Å². The molecule has 3 nitrogen and oxygen atoms in total. The zero-order chi connectivity index (χ0) is 17.2. The van der Waals surface area contributed by atoms with Gasteiger partial charge in [0.15, 0.2) is 0 Å². The average Bonchev–Trinajstić information content (AvgIpc) is 3.07. The van der Waals surface area contributed by atoms with Crippen LogP contribution in [0.15, 0.2) is 48.5 Å². The lowest BCUT2D eigenvalue weighted by atomic mass is 9.91. The van der Waals surface area contributed by atoms with E-state index in [-0.39, 0.29) is 0 Å². The van der Waals surface area contributed by atoms with Crippen LogP contribution < -0.4 is 10.6 Å². The molecule has 0 unspecified atom stereocenters. The molecule has 0 radical (unpaired) electrons. The molecule has 1 saturated carbocycles. The van der Waals surface area contributed by atoms with Gasteiger partial charge in [-0.05, 0) is 56.5 Å². The van der Waals surface area contributed by atoms with Gasteiger partial charge in [-0.3, -0.25) is 0 Å². The lowest BCUT2D eigenvalue weighted by molar-refractivity contribution is 0.371. The maximum atomic E-state index is 6.38. The smallest absolute Gasteiger partial charge is 0.0695 e. The van der Waals surface area contributed by atoms with Crippen LogP contribution >= 0.6 is 11.6 Å². The molecule has 1 aromatic heterocycles. The Labute approximate surface area is 153 Å². The van der Waals surface area contributed by atoms with Crippen LogP contribution in [0.4, 0.5) is 5.69 Å². The molecule has 4 rings (SSSR count). The molecule has 0 amide bonds. The first-order valence-corrected chi connectivity index (χ1v) is 9.42. The van der Waals surface area contributed by atoms with Gasteiger partial charge in [-0.25, -0.2) is 0 Å². The van der Waals surface area contributed by atoms with Crippen LogP contribution in [0.3, 0.4) is 0 Å². The lowest BCUT2D eigenvalue weighted by Crippen LogP contribution is -2.35. The van der Waals surface area contributed by atoms with E-state index in [1.54, 1.807) is 0 Å². The molecule has 1 fully saturated rings. The fourth-order valence-electron chi connectivity index (χ4n) is 3.84. The highest BCUT2D eigenvalue weighted by Gasteiger charge is 2.20. The van der Waals surface area contributed by atoms with Gasteiger partial charge in [-0.15, -0.1) is 0 Å². The average molecular weight is 354 g/mol. The van der Waals surface area contributed by atoms with E-state index >= 15 is 0 Å². The van der Waals surface area contributed by atoms with Crippen LogP contribution in [0.1, 0.15) is 25.7 Å². The van der Waals surface area contributed by atoms with Crippen LogP contribution in [-0.2, 0) is 0 Å². The maximum Gasteiger partial charge on any atom is 0.0695 e. The Hall–Kier alpha value is -1.97. The molecule has 2 aromatic carbocycles. The second-order valence-electron chi connectivity index (χ2n) is 6.95. The molecule has 1 heterocycles. The maximum absolute atomic E-state index is 6.38. The van der Waals surface area contributed by atoms with Crippen molar-refractivity contribution >= 4 is 28.2 Å². The summed E-state index contributed by atoms with van der Waals surface area (Å²) in [4.78, 5) is 3.58. The van der Waals surface area contributed by atoms with Crippen molar-refractivity contribution in [3.8, 4) is 11.3 Å². The molecule has 0 spiro atoms. The van der Waals surface area contributed by atoms with Crippen molar-refractivity contribution in [1.29, 1.82) is 0 Å². The Morgan fingerprint density at radius 3 is 2.40 bits per heavy atom. The van der Waals surface area contributed by atoms with E-state index in [4.69, 9.17) is 11.6 Å². The van der Waals surface area contributed by atoms with Gasteiger partial charge in [0.1, 0.15) is 0 Å². The highest BCUT2D eigenvalue weighted by molar-refractivity contribution is 6.32. The van der Waals surface area contributed by atoms with Crippen molar-refractivity contribution in [2.75, 3.05) is 12.4 Å². The number of halogens is 1. The Balaban J connectivity index is 1.63. The highest BCUT2D eigenvalue weighted by Crippen LogP contribution is 2.33. The number of H-pyrrole nitrogens is 1. The number of hydrogen-bond donors (Lipinski definition) is 3. The Kier molecular flexibility index (Phi) is 4.69. The Morgan fingerprint density at radius 2 is 1.68 bits per heavy atom. The van der Waals surface area contributed by atoms with Crippen molar-refractivity contribution in [3.05, 3.63) is 53.6 Å². The van der Waals surface area contributed by atoms with Gasteiger partial charge < -0.3 is 15.6 Å². The summed E-state index contributed by atoms with van der Waals surface area (Å²) < 4.78 is 0. The minimum absolute atomic E-state index is 0.509. The second kappa shape index (κ2) is 7.11. The summed E-state index contributed by atoms with van der Waals surface area (Å²) in [6.07, 6.45) is 4.81. The summed E-state index contributed by atoms with van der Waals surface area (Å²) in [6, 6.07) is 17.8. The summed E-state index contributed by atoms with van der Waals surface area (Å²) in [7, 11) is 2.06. The summed E-state index contributed by atoms with van der Waals surface area (Å²) in [5.41, 5.74) is 4.56. The molecule has 0 aliphatic heterocycles. The van der Waals surface area contributed by atoms with Gasteiger partial charge in [0.25, 0.3) is 0 Å². The molecule has 25 heavy (non-hydrogen) atoms. The highest BCUT2D eigenvalue weighted by atomic mass is 35.5. The van der Waals surface area contributed by atoms with Crippen molar-refractivity contribution in [2.45, 2.75) is 37.8 Å². The molecule has 130 valence electrons. The van der Waals surface area contributed by atoms with E-state index in [1.165, 1.54) is 31.2 Å². The summed E-state index contributed by atoms with van der Waals surface area (Å²) in [5.74, 6) is 0. The monoisotopic (exact) mass is 353 g/mol. The number of anilines is 1.